The summed E-state index contributed by atoms with van der Waals surface area (Å²) < 4.78 is 26.2. The molecule has 2 aromatic carbocycles. The second kappa shape index (κ2) is 8.50. The number of ether oxygens (including phenoxy) is 2. The minimum atomic E-state index is -0.496. The highest BCUT2D eigenvalue weighted by Gasteiger charge is 2.17. The number of aryl methyl sites for hydroxylation is 1. The van der Waals surface area contributed by atoms with Crippen LogP contribution >= 0.6 is 0 Å². The van der Waals surface area contributed by atoms with Gasteiger partial charge < -0.3 is 14.8 Å². The Kier molecular flexibility index (Phi) is 5.59. The molecule has 0 spiro atoms. The maximum absolute atomic E-state index is 13.3. The van der Waals surface area contributed by atoms with Crippen LogP contribution in [0.15, 0.2) is 53.5 Å². The zero-order chi connectivity index (χ0) is 22.8. The topological polar surface area (TPSA) is 100 Å². The van der Waals surface area contributed by atoms with Crippen LogP contribution in [0.1, 0.15) is 5.69 Å². The number of fused-ring (bicyclic) bond motifs is 1. The van der Waals surface area contributed by atoms with E-state index in [1.54, 1.807) is 25.1 Å². The zero-order valence-electron chi connectivity index (χ0n) is 17.6. The van der Waals surface area contributed by atoms with Crippen molar-refractivity contribution >= 4 is 22.5 Å². The average Bonchev–Trinajstić information content (AvgIpc) is 3.24. The van der Waals surface area contributed by atoms with Crippen molar-refractivity contribution in [1.29, 1.82) is 0 Å². The normalized spacial score (nSPS) is 10.9. The van der Waals surface area contributed by atoms with E-state index >= 15 is 0 Å². The SMILES string of the molecule is COc1ccc(NC(=O)Cn2nc(C)c3cnn(-c4ccc(F)cc4)c3c2=O)c(OC)c1. The summed E-state index contributed by atoms with van der Waals surface area (Å²) in [7, 11) is 3.00. The first-order valence-electron chi connectivity index (χ1n) is 9.64. The lowest BCUT2D eigenvalue weighted by atomic mass is 10.2. The van der Waals surface area contributed by atoms with Crippen LogP contribution in [0.3, 0.4) is 0 Å². The predicted molar refractivity (Wildman–Crippen MR) is 116 cm³/mol. The van der Waals surface area contributed by atoms with Gasteiger partial charge in [-0.3, -0.25) is 9.59 Å². The number of nitrogens with one attached hydrogen (secondary N) is 1. The van der Waals surface area contributed by atoms with E-state index < -0.39 is 17.3 Å². The van der Waals surface area contributed by atoms with Gasteiger partial charge in [0.25, 0.3) is 5.56 Å². The Morgan fingerprint density at radius 2 is 1.88 bits per heavy atom. The number of rotatable bonds is 6. The fraction of sp³-hybridized carbons (Fsp3) is 0.182. The van der Waals surface area contributed by atoms with Crippen LogP contribution in [-0.2, 0) is 11.3 Å². The lowest BCUT2D eigenvalue weighted by molar-refractivity contribution is -0.117. The number of anilines is 1. The molecule has 0 aliphatic heterocycles. The van der Waals surface area contributed by atoms with Crippen molar-refractivity contribution in [2.45, 2.75) is 13.5 Å². The van der Waals surface area contributed by atoms with Crippen molar-refractivity contribution < 1.29 is 18.7 Å². The van der Waals surface area contributed by atoms with Gasteiger partial charge in [-0.05, 0) is 43.3 Å². The molecule has 2 aromatic heterocycles. The molecule has 164 valence electrons. The number of aromatic nitrogens is 4. The molecule has 32 heavy (non-hydrogen) atoms. The highest BCUT2D eigenvalue weighted by molar-refractivity contribution is 5.92. The van der Waals surface area contributed by atoms with E-state index in [1.165, 1.54) is 49.4 Å². The van der Waals surface area contributed by atoms with Crippen molar-refractivity contribution in [2.75, 3.05) is 19.5 Å². The Balaban J connectivity index is 1.67. The highest BCUT2D eigenvalue weighted by Crippen LogP contribution is 2.29. The molecule has 1 amide bonds. The third-order valence-corrected chi connectivity index (χ3v) is 4.91. The predicted octanol–water partition coefficient (Wildman–Crippen LogP) is 2.69. The largest absolute Gasteiger partial charge is 0.497 e. The number of carbonyl (C=O) groups is 1. The summed E-state index contributed by atoms with van der Waals surface area (Å²) in [4.78, 5) is 25.8. The van der Waals surface area contributed by atoms with E-state index in [2.05, 4.69) is 15.5 Å². The summed E-state index contributed by atoms with van der Waals surface area (Å²) in [5.41, 5.74) is 1.23. The van der Waals surface area contributed by atoms with Gasteiger partial charge in [0.15, 0.2) is 0 Å². The Morgan fingerprint density at radius 1 is 1.12 bits per heavy atom. The maximum atomic E-state index is 13.3. The van der Waals surface area contributed by atoms with Gasteiger partial charge in [-0.1, -0.05) is 0 Å². The van der Waals surface area contributed by atoms with E-state index in [-0.39, 0.29) is 12.1 Å². The maximum Gasteiger partial charge on any atom is 0.293 e. The van der Waals surface area contributed by atoms with Crippen LogP contribution in [0.2, 0.25) is 0 Å². The number of benzene rings is 2. The Hall–Kier alpha value is -4.21. The van der Waals surface area contributed by atoms with Crippen molar-refractivity contribution in [1.82, 2.24) is 19.6 Å². The van der Waals surface area contributed by atoms with Crippen LogP contribution < -0.4 is 20.3 Å². The summed E-state index contributed by atoms with van der Waals surface area (Å²) in [5, 5.41) is 11.8. The molecule has 0 bridgehead atoms. The molecule has 0 radical (unpaired) electrons. The van der Waals surface area contributed by atoms with Gasteiger partial charge in [0.1, 0.15) is 29.4 Å². The third-order valence-electron chi connectivity index (χ3n) is 4.91. The average molecular weight is 437 g/mol. The summed E-state index contributed by atoms with van der Waals surface area (Å²) >= 11 is 0. The summed E-state index contributed by atoms with van der Waals surface area (Å²) in [6, 6.07) is 10.6. The minimum absolute atomic E-state index is 0.249. The monoisotopic (exact) mass is 437 g/mol. The van der Waals surface area contributed by atoms with Crippen molar-refractivity contribution in [3.8, 4) is 17.2 Å². The van der Waals surface area contributed by atoms with E-state index in [1.807, 2.05) is 0 Å². The molecule has 1 N–H and O–H groups in total. The Morgan fingerprint density at radius 3 is 2.56 bits per heavy atom. The Bertz CT molecular complexity index is 1360. The number of hydrogen-bond donors (Lipinski definition) is 1. The lowest BCUT2D eigenvalue weighted by Crippen LogP contribution is -2.31. The molecule has 0 saturated heterocycles. The molecule has 9 nitrogen and oxygen atoms in total. The fourth-order valence-corrected chi connectivity index (χ4v) is 3.33. The molecule has 0 atom stereocenters. The number of amides is 1. The van der Waals surface area contributed by atoms with Crippen LogP contribution in [0.25, 0.3) is 16.6 Å². The van der Waals surface area contributed by atoms with Gasteiger partial charge in [-0.25, -0.2) is 13.8 Å². The van der Waals surface area contributed by atoms with Gasteiger partial charge in [-0.2, -0.15) is 10.2 Å². The number of nitrogens with zero attached hydrogens (tertiary/aromatic N) is 4. The molecule has 4 aromatic rings. The molecule has 0 aliphatic carbocycles. The minimum Gasteiger partial charge on any atom is -0.497 e. The standard InChI is InChI=1S/C22H20FN5O4/c1-13-17-11-24-28(15-6-4-14(23)5-7-15)21(17)22(30)27(26-13)12-20(29)25-18-9-8-16(31-2)10-19(18)32-3/h4-11H,12H2,1-3H3,(H,25,29). The molecule has 4 rings (SSSR count). The van der Waals surface area contributed by atoms with Gasteiger partial charge in [-0.15, -0.1) is 0 Å². The van der Waals surface area contributed by atoms with Gasteiger partial charge in [0.2, 0.25) is 5.91 Å². The molecular formula is C22H20FN5O4. The van der Waals surface area contributed by atoms with Crippen LogP contribution in [0.4, 0.5) is 10.1 Å². The first-order chi connectivity index (χ1) is 15.4. The van der Waals surface area contributed by atoms with Gasteiger partial charge in [0, 0.05) is 11.5 Å². The third kappa shape index (κ3) is 3.89. The Labute approximate surface area is 182 Å². The smallest absolute Gasteiger partial charge is 0.293 e. The molecule has 0 saturated carbocycles. The van der Waals surface area contributed by atoms with Crippen molar-refractivity contribution in [3.63, 3.8) is 0 Å². The second-order valence-corrected chi connectivity index (χ2v) is 6.96. The highest BCUT2D eigenvalue weighted by atomic mass is 19.1. The van der Waals surface area contributed by atoms with Crippen LogP contribution in [0.5, 0.6) is 11.5 Å². The van der Waals surface area contributed by atoms with E-state index in [0.29, 0.717) is 34.0 Å². The van der Waals surface area contributed by atoms with E-state index in [9.17, 15) is 14.0 Å². The van der Waals surface area contributed by atoms with E-state index in [4.69, 9.17) is 9.47 Å². The zero-order valence-corrected chi connectivity index (χ0v) is 17.6. The van der Waals surface area contributed by atoms with Crippen LogP contribution in [0, 0.1) is 12.7 Å². The van der Waals surface area contributed by atoms with Crippen molar-refractivity contribution in [2.24, 2.45) is 0 Å². The van der Waals surface area contributed by atoms with Crippen molar-refractivity contribution in [3.05, 3.63) is 70.5 Å². The summed E-state index contributed by atoms with van der Waals surface area (Å²) in [6.45, 7) is 1.40. The first kappa shape index (κ1) is 21.0. The number of hydrogen-bond acceptors (Lipinski definition) is 6. The number of halogens is 1. The molecule has 2 heterocycles. The van der Waals surface area contributed by atoms with Gasteiger partial charge in [0.05, 0.1) is 37.5 Å². The summed E-state index contributed by atoms with van der Waals surface area (Å²) in [5.74, 6) is 0.132. The summed E-state index contributed by atoms with van der Waals surface area (Å²) in [6.07, 6.45) is 1.52. The van der Waals surface area contributed by atoms with E-state index in [0.717, 1.165) is 4.68 Å². The quantitative estimate of drug-likeness (QED) is 0.498. The molecule has 0 unspecified atom stereocenters. The molecular weight excluding hydrogens is 417 g/mol. The first-order valence-corrected chi connectivity index (χ1v) is 9.64. The number of carbonyl (C=O) groups excluding carboxylic acids is 1. The number of methoxy groups -OCH3 is 2. The molecule has 0 aliphatic rings. The lowest BCUT2D eigenvalue weighted by Gasteiger charge is -2.12. The van der Waals surface area contributed by atoms with Gasteiger partial charge >= 0.3 is 0 Å². The molecule has 10 heteroatoms. The fourth-order valence-electron chi connectivity index (χ4n) is 3.33. The van der Waals surface area contributed by atoms with Crippen LogP contribution in [-0.4, -0.2) is 39.7 Å². The second-order valence-electron chi connectivity index (χ2n) is 6.96. The molecule has 0 fully saturated rings.